The van der Waals surface area contributed by atoms with E-state index in [0.29, 0.717) is 11.1 Å². The lowest BCUT2D eigenvalue weighted by Crippen LogP contribution is -2.05. The second kappa shape index (κ2) is 5.79. The van der Waals surface area contributed by atoms with E-state index in [9.17, 15) is 9.90 Å². The molecule has 0 fully saturated rings. The first-order valence-corrected chi connectivity index (χ1v) is 7.03. The van der Waals surface area contributed by atoms with E-state index in [-0.39, 0.29) is 27.0 Å². The second-order valence-electron chi connectivity index (χ2n) is 4.47. The van der Waals surface area contributed by atoms with Gasteiger partial charge in [0.1, 0.15) is 0 Å². The first-order valence-electron chi connectivity index (χ1n) is 6.27. The minimum atomic E-state index is -0.603. The third-order valence-electron chi connectivity index (χ3n) is 3.05. The molecule has 0 saturated heterocycles. The van der Waals surface area contributed by atoms with Crippen LogP contribution >= 0.6 is 23.2 Å². The van der Waals surface area contributed by atoms with Crippen LogP contribution < -0.4 is 5.56 Å². The Labute approximate surface area is 134 Å². The molecular weight excluding hydrogens is 325 g/mol. The Morgan fingerprint density at radius 1 is 1.00 bits per heavy atom. The summed E-state index contributed by atoms with van der Waals surface area (Å²) in [5.74, 6) is -0.294. The van der Waals surface area contributed by atoms with Crippen molar-refractivity contribution < 1.29 is 5.11 Å². The number of aromatic amines is 1. The van der Waals surface area contributed by atoms with Crippen LogP contribution in [0.15, 0.2) is 57.5 Å². The highest BCUT2D eigenvalue weighted by Crippen LogP contribution is 2.36. The van der Waals surface area contributed by atoms with Crippen molar-refractivity contribution in [3.63, 3.8) is 0 Å². The van der Waals surface area contributed by atoms with E-state index in [1.54, 1.807) is 30.3 Å². The third kappa shape index (κ3) is 2.56. The molecule has 0 bridgehead atoms. The van der Waals surface area contributed by atoms with Gasteiger partial charge in [-0.3, -0.25) is 4.79 Å². The number of hydrogen-bond donors (Lipinski definition) is 2. The van der Waals surface area contributed by atoms with Gasteiger partial charge in [-0.1, -0.05) is 41.4 Å². The molecule has 0 radical (unpaired) electrons. The van der Waals surface area contributed by atoms with E-state index >= 15 is 0 Å². The van der Waals surface area contributed by atoms with Gasteiger partial charge in [0.2, 0.25) is 0 Å². The molecule has 1 heterocycles. The van der Waals surface area contributed by atoms with E-state index in [0.717, 1.165) is 0 Å². The predicted molar refractivity (Wildman–Crippen MR) is 86.9 cm³/mol. The van der Waals surface area contributed by atoms with E-state index in [1.165, 1.54) is 6.07 Å². The van der Waals surface area contributed by atoms with Crippen molar-refractivity contribution in [2.75, 3.05) is 0 Å². The number of benzene rings is 2. The average molecular weight is 334 g/mol. The van der Waals surface area contributed by atoms with E-state index in [4.69, 9.17) is 23.2 Å². The Morgan fingerprint density at radius 2 is 1.73 bits per heavy atom. The first-order chi connectivity index (χ1) is 10.6. The van der Waals surface area contributed by atoms with Crippen LogP contribution in [0.3, 0.4) is 0 Å². The Balaban J connectivity index is 2.17. The molecule has 0 spiro atoms. The Morgan fingerprint density at radius 3 is 2.45 bits per heavy atom. The summed E-state index contributed by atoms with van der Waals surface area (Å²) in [4.78, 5) is 14.6. The van der Waals surface area contributed by atoms with E-state index in [2.05, 4.69) is 15.2 Å². The lowest BCUT2D eigenvalue weighted by molar-refractivity contribution is 0.481. The predicted octanol–water partition coefficient (Wildman–Crippen LogP) is 4.96. The fourth-order valence-electron chi connectivity index (χ4n) is 1.97. The molecule has 0 aliphatic carbocycles. The van der Waals surface area contributed by atoms with E-state index < -0.39 is 5.56 Å². The van der Waals surface area contributed by atoms with Crippen molar-refractivity contribution in [2.45, 2.75) is 0 Å². The fraction of sp³-hybridized carbons (Fsp3) is 0. The molecule has 3 aromatic rings. The standard InChI is InChI=1S/C15H9Cl2N3O2/c16-10-7-6-9-12(11(10)17)18-15(22)13(14(9)21)20-19-8-4-2-1-3-5-8/h1-7H,(H2,18,21,22). The summed E-state index contributed by atoms with van der Waals surface area (Å²) < 4.78 is 0. The SMILES string of the molecule is O=c1[nH]c2c(Cl)c(Cl)ccc2c(O)c1N=Nc1ccccc1. The number of pyridine rings is 1. The van der Waals surface area contributed by atoms with Gasteiger partial charge in [-0.15, -0.1) is 5.11 Å². The van der Waals surface area contributed by atoms with Gasteiger partial charge in [0.25, 0.3) is 5.56 Å². The Kier molecular flexibility index (Phi) is 3.83. The number of hydrogen-bond acceptors (Lipinski definition) is 4. The van der Waals surface area contributed by atoms with Crippen molar-refractivity contribution in [3.05, 3.63) is 62.9 Å². The molecule has 2 aromatic carbocycles. The van der Waals surface area contributed by atoms with Crippen LogP contribution in [0.25, 0.3) is 10.9 Å². The number of H-pyrrole nitrogens is 1. The number of fused-ring (bicyclic) bond motifs is 1. The zero-order valence-electron chi connectivity index (χ0n) is 11.0. The van der Waals surface area contributed by atoms with Gasteiger partial charge in [0.15, 0.2) is 11.4 Å². The smallest absolute Gasteiger partial charge is 0.280 e. The summed E-state index contributed by atoms with van der Waals surface area (Å²) in [5.41, 5.74) is 0.0365. The molecule has 22 heavy (non-hydrogen) atoms. The number of azo groups is 1. The summed E-state index contributed by atoms with van der Waals surface area (Å²) >= 11 is 11.9. The maximum atomic E-state index is 12.1. The third-order valence-corrected chi connectivity index (χ3v) is 3.85. The summed E-state index contributed by atoms with van der Waals surface area (Å²) in [7, 11) is 0. The quantitative estimate of drug-likeness (QED) is 0.650. The van der Waals surface area contributed by atoms with Crippen LogP contribution in [-0.2, 0) is 0 Å². The molecular formula is C15H9Cl2N3O2. The van der Waals surface area contributed by atoms with Gasteiger partial charge >= 0.3 is 0 Å². The van der Waals surface area contributed by atoms with Gasteiger partial charge in [-0.2, -0.15) is 5.11 Å². The first kappa shape index (κ1) is 14.6. The summed E-state index contributed by atoms with van der Waals surface area (Å²) in [6, 6.07) is 12.0. The molecule has 0 aliphatic rings. The van der Waals surface area contributed by atoms with Gasteiger partial charge in [0, 0.05) is 5.39 Å². The second-order valence-corrected chi connectivity index (χ2v) is 5.26. The maximum absolute atomic E-state index is 12.1. The van der Waals surface area contributed by atoms with Crippen LogP contribution in [0.1, 0.15) is 0 Å². The normalized spacial score (nSPS) is 11.4. The van der Waals surface area contributed by atoms with Crippen LogP contribution in [0.2, 0.25) is 10.0 Å². The summed E-state index contributed by atoms with van der Waals surface area (Å²) in [6.07, 6.45) is 0. The van der Waals surface area contributed by atoms with Crippen molar-refractivity contribution in [1.82, 2.24) is 4.98 Å². The molecule has 0 amide bonds. The summed E-state index contributed by atoms with van der Waals surface area (Å²) in [6.45, 7) is 0. The number of aromatic nitrogens is 1. The highest BCUT2D eigenvalue weighted by atomic mass is 35.5. The summed E-state index contributed by atoms with van der Waals surface area (Å²) in [5, 5.41) is 18.8. The van der Waals surface area contributed by atoms with Gasteiger partial charge in [0.05, 0.1) is 21.2 Å². The van der Waals surface area contributed by atoms with Gasteiger partial charge in [-0.05, 0) is 24.3 Å². The number of nitrogens with zero attached hydrogens (tertiary/aromatic N) is 2. The van der Waals surface area contributed by atoms with Crippen molar-refractivity contribution in [1.29, 1.82) is 0 Å². The minimum absolute atomic E-state index is 0.165. The molecule has 0 saturated carbocycles. The zero-order chi connectivity index (χ0) is 15.7. The number of halogens is 2. The molecule has 7 heteroatoms. The maximum Gasteiger partial charge on any atom is 0.280 e. The van der Waals surface area contributed by atoms with Gasteiger partial charge < -0.3 is 10.1 Å². The fourth-order valence-corrected chi connectivity index (χ4v) is 2.34. The van der Waals surface area contributed by atoms with Gasteiger partial charge in [-0.25, -0.2) is 0 Å². The molecule has 5 nitrogen and oxygen atoms in total. The molecule has 2 N–H and O–H groups in total. The molecule has 0 atom stereocenters. The minimum Gasteiger partial charge on any atom is -0.505 e. The van der Waals surface area contributed by atoms with Crippen molar-refractivity contribution >= 4 is 45.5 Å². The lowest BCUT2D eigenvalue weighted by Gasteiger charge is -2.06. The monoisotopic (exact) mass is 333 g/mol. The molecule has 110 valence electrons. The Bertz CT molecular complexity index is 937. The lowest BCUT2D eigenvalue weighted by atomic mass is 10.2. The number of aromatic hydroxyl groups is 1. The van der Waals surface area contributed by atoms with Crippen LogP contribution in [-0.4, -0.2) is 10.1 Å². The molecule has 1 aromatic heterocycles. The highest BCUT2D eigenvalue weighted by Gasteiger charge is 2.14. The largest absolute Gasteiger partial charge is 0.505 e. The van der Waals surface area contributed by atoms with Crippen LogP contribution in [0.5, 0.6) is 5.75 Å². The zero-order valence-corrected chi connectivity index (χ0v) is 12.6. The van der Waals surface area contributed by atoms with Crippen LogP contribution in [0.4, 0.5) is 11.4 Å². The van der Waals surface area contributed by atoms with E-state index in [1.807, 2.05) is 6.07 Å². The topological polar surface area (TPSA) is 77.8 Å². The molecule has 0 aliphatic heterocycles. The Hall–Kier alpha value is -2.37. The van der Waals surface area contributed by atoms with Crippen molar-refractivity contribution in [2.24, 2.45) is 10.2 Å². The number of rotatable bonds is 2. The number of nitrogens with one attached hydrogen (secondary N) is 1. The highest BCUT2D eigenvalue weighted by molar-refractivity contribution is 6.45. The molecule has 0 unspecified atom stereocenters. The molecule has 3 rings (SSSR count). The van der Waals surface area contributed by atoms with Crippen molar-refractivity contribution in [3.8, 4) is 5.75 Å². The average Bonchev–Trinajstić information content (AvgIpc) is 2.52. The van der Waals surface area contributed by atoms with Crippen LogP contribution in [0, 0.1) is 0 Å².